The Morgan fingerprint density at radius 1 is 1.12 bits per heavy atom. The van der Waals surface area contributed by atoms with E-state index in [1.165, 1.54) is 6.07 Å². The SMILES string of the molecule is O=Cc1cc(Br)cc(-c2ccccc2)c1F. The van der Waals surface area contributed by atoms with Gasteiger partial charge in [-0.3, -0.25) is 4.79 Å². The summed E-state index contributed by atoms with van der Waals surface area (Å²) in [6.45, 7) is 0. The van der Waals surface area contributed by atoms with Gasteiger partial charge in [-0.1, -0.05) is 46.3 Å². The highest BCUT2D eigenvalue weighted by molar-refractivity contribution is 9.10. The van der Waals surface area contributed by atoms with E-state index in [1.54, 1.807) is 18.2 Å². The zero-order chi connectivity index (χ0) is 11.5. The molecule has 2 rings (SSSR count). The second-order valence-electron chi connectivity index (χ2n) is 3.34. The fourth-order valence-corrected chi connectivity index (χ4v) is 2.00. The summed E-state index contributed by atoms with van der Waals surface area (Å²) in [5, 5.41) is 0. The Morgan fingerprint density at radius 3 is 2.44 bits per heavy atom. The van der Waals surface area contributed by atoms with Crippen molar-refractivity contribution in [2.45, 2.75) is 0 Å². The summed E-state index contributed by atoms with van der Waals surface area (Å²) in [4.78, 5) is 10.7. The van der Waals surface area contributed by atoms with Gasteiger partial charge in [-0.15, -0.1) is 0 Å². The molecule has 0 bridgehead atoms. The van der Waals surface area contributed by atoms with Crippen molar-refractivity contribution in [3.05, 3.63) is 58.3 Å². The van der Waals surface area contributed by atoms with Crippen LogP contribution in [0.5, 0.6) is 0 Å². The number of hydrogen-bond acceptors (Lipinski definition) is 1. The molecule has 0 spiro atoms. The van der Waals surface area contributed by atoms with E-state index in [1.807, 2.05) is 18.2 Å². The molecule has 0 saturated carbocycles. The quantitative estimate of drug-likeness (QED) is 0.757. The molecule has 0 heterocycles. The fourth-order valence-electron chi connectivity index (χ4n) is 1.52. The molecule has 2 aromatic carbocycles. The first kappa shape index (κ1) is 11.0. The molecule has 16 heavy (non-hydrogen) atoms. The van der Waals surface area contributed by atoms with Gasteiger partial charge in [-0.05, 0) is 17.7 Å². The molecule has 2 aromatic rings. The third-order valence-corrected chi connectivity index (χ3v) is 2.74. The van der Waals surface area contributed by atoms with Crippen molar-refractivity contribution in [2.24, 2.45) is 0 Å². The third kappa shape index (κ3) is 2.04. The highest BCUT2D eigenvalue weighted by Crippen LogP contribution is 2.28. The average molecular weight is 279 g/mol. The van der Waals surface area contributed by atoms with E-state index in [0.717, 1.165) is 5.56 Å². The average Bonchev–Trinajstić information content (AvgIpc) is 2.33. The molecule has 0 amide bonds. The van der Waals surface area contributed by atoms with Crippen molar-refractivity contribution >= 4 is 22.2 Å². The minimum atomic E-state index is -0.482. The van der Waals surface area contributed by atoms with Crippen molar-refractivity contribution in [1.29, 1.82) is 0 Å². The molecule has 0 saturated heterocycles. The largest absolute Gasteiger partial charge is 0.298 e. The minimum Gasteiger partial charge on any atom is -0.298 e. The molecular weight excluding hydrogens is 271 g/mol. The Balaban J connectivity index is 2.66. The van der Waals surface area contributed by atoms with Gasteiger partial charge in [0.05, 0.1) is 5.56 Å². The molecular formula is C13H8BrFO. The second-order valence-corrected chi connectivity index (χ2v) is 4.26. The predicted octanol–water partition coefficient (Wildman–Crippen LogP) is 4.07. The van der Waals surface area contributed by atoms with Gasteiger partial charge in [0.25, 0.3) is 0 Å². The van der Waals surface area contributed by atoms with Crippen LogP contribution in [-0.4, -0.2) is 6.29 Å². The first-order chi connectivity index (χ1) is 7.72. The van der Waals surface area contributed by atoms with Crippen molar-refractivity contribution in [3.8, 4) is 11.1 Å². The topological polar surface area (TPSA) is 17.1 Å². The molecule has 0 aromatic heterocycles. The molecule has 0 radical (unpaired) electrons. The summed E-state index contributed by atoms with van der Waals surface area (Å²) in [6, 6.07) is 12.3. The van der Waals surface area contributed by atoms with Crippen molar-refractivity contribution in [3.63, 3.8) is 0 Å². The van der Waals surface area contributed by atoms with Gasteiger partial charge in [-0.2, -0.15) is 0 Å². The minimum absolute atomic E-state index is 0.0632. The van der Waals surface area contributed by atoms with Gasteiger partial charge in [0.1, 0.15) is 5.82 Å². The maximum Gasteiger partial charge on any atom is 0.153 e. The number of halogens is 2. The van der Waals surface area contributed by atoms with Crippen molar-refractivity contribution < 1.29 is 9.18 Å². The van der Waals surface area contributed by atoms with Gasteiger partial charge >= 0.3 is 0 Å². The maximum atomic E-state index is 13.9. The lowest BCUT2D eigenvalue weighted by molar-refractivity contribution is 0.112. The van der Waals surface area contributed by atoms with E-state index >= 15 is 0 Å². The molecule has 0 aliphatic carbocycles. The van der Waals surface area contributed by atoms with E-state index in [0.29, 0.717) is 16.3 Å². The summed E-state index contributed by atoms with van der Waals surface area (Å²) >= 11 is 3.26. The Bertz CT molecular complexity index is 523. The van der Waals surface area contributed by atoms with Crippen LogP contribution in [0.15, 0.2) is 46.9 Å². The molecule has 0 N–H and O–H groups in total. The third-order valence-electron chi connectivity index (χ3n) is 2.28. The van der Waals surface area contributed by atoms with Crippen LogP contribution in [0.4, 0.5) is 4.39 Å². The second kappa shape index (κ2) is 4.58. The smallest absolute Gasteiger partial charge is 0.153 e. The van der Waals surface area contributed by atoms with E-state index in [2.05, 4.69) is 15.9 Å². The first-order valence-electron chi connectivity index (χ1n) is 4.72. The number of aldehydes is 1. The highest BCUT2D eigenvalue weighted by Gasteiger charge is 2.10. The van der Waals surface area contributed by atoms with Crippen LogP contribution in [0.1, 0.15) is 10.4 Å². The Morgan fingerprint density at radius 2 is 1.81 bits per heavy atom. The summed E-state index contributed by atoms with van der Waals surface area (Å²) in [7, 11) is 0. The highest BCUT2D eigenvalue weighted by atomic mass is 79.9. The van der Waals surface area contributed by atoms with Crippen molar-refractivity contribution in [1.82, 2.24) is 0 Å². The van der Waals surface area contributed by atoms with Gasteiger partial charge in [0, 0.05) is 10.0 Å². The summed E-state index contributed by atoms with van der Waals surface area (Å²) in [6.07, 6.45) is 0.520. The monoisotopic (exact) mass is 278 g/mol. The fraction of sp³-hybridized carbons (Fsp3) is 0. The number of carbonyl (C=O) groups excluding carboxylic acids is 1. The normalized spacial score (nSPS) is 10.1. The Labute approximate surface area is 101 Å². The summed E-state index contributed by atoms with van der Waals surface area (Å²) < 4.78 is 14.6. The van der Waals surface area contributed by atoms with Crippen LogP contribution in [-0.2, 0) is 0 Å². The Hall–Kier alpha value is -1.48. The van der Waals surface area contributed by atoms with Gasteiger partial charge in [0.15, 0.2) is 6.29 Å². The van der Waals surface area contributed by atoms with E-state index in [4.69, 9.17) is 0 Å². The van der Waals surface area contributed by atoms with Crippen LogP contribution >= 0.6 is 15.9 Å². The first-order valence-corrected chi connectivity index (χ1v) is 5.51. The van der Waals surface area contributed by atoms with E-state index in [-0.39, 0.29) is 5.56 Å². The van der Waals surface area contributed by atoms with Crippen LogP contribution in [0.25, 0.3) is 11.1 Å². The van der Waals surface area contributed by atoms with Gasteiger partial charge < -0.3 is 0 Å². The van der Waals surface area contributed by atoms with Crippen LogP contribution in [0.3, 0.4) is 0 Å². The number of rotatable bonds is 2. The lowest BCUT2D eigenvalue weighted by Gasteiger charge is -2.06. The summed E-state index contributed by atoms with van der Waals surface area (Å²) in [5.74, 6) is -0.482. The molecule has 0 fully saturated rings. The molecule has 0 aliphatic rings. The standard InChI is InChI=1S/C13H8BrFO/c14-11-6-10(8-16)13(15)12(7-11)9-4-2-1-3-5-9/h1-8H. The molecule has 3 heteroatoms. The lowest BCUT2D eigenvalue weighted by atomic mass is 10.0. The van der Waals surface area contributed by atoms with Crippen LogP contribution < -0.4 is 0 Å². The molecule has 1 nitrogen and oxygen atoms in total. The maximum absolute atomic E-state index is 13.9. The molecule has 0 atom stereocenters. The molecule has 80 valence electrons. The van der Waals surface area contributed by atoms with Crippen LogP contribution in [0, 0.1) is 5.82 Å². The Kier molecular flexibility index (Phi) is 3.15. The van der Waals surface area contributed by atoms with Gasteiger partial charge in [-0.25, -0.2) is 4.39 Å². The van der Waals surface area contributed by atoms with Crippen molar-refractivity contribution in [2.75, 3.05) is 0 Å². The van der Waals surface area contributed by atoms with E-state index < -0.39 is 5.82 Å². The van der Waals surface area contributed by atoms with E-state index in [9.17, 15) is 9.18 Å². The summed E-state index contributed by atoms with van der Waals surface area (Å²) in [5.41, 5.74) is 1.25. The zero-order valence-electron chi connectivity index (χ0n) is 8.28. The lowest BCUT2D eigenvalue weighted by Crippen LogP contribution is -1.92. The van der Waals surface area contributed by atoms with Gasteiger partial charge in [0.2, 0.25) is 0 Å². The zero-order valence-corrected chi connectivity index (χ0v) is 9.87. The predicted molar refractivity (Wildman–Crippen MR) is 64.9 cm³/mol. The molecule has 0 unspecified atom stereocenters. The number of carbonyl (C=O) groups is 1. The number of benzene rings is 2. The molecule has 0 aliphatic heterocycles. The number of hydrogen-bond donors (Lipinski definition) is 0. The van der Waals surface area contributed by atoms with Crippen LogP contribution in [0.2, 0.25) is 0 Å².